The zero-order valence-corrected chi connectivity index (χ0v) is 18.8. The number of nitrogens with one attached hydrogen (secondary N) is 1. The van der Waals surface area contributed by atoms with E-state index >= 15 is 0 Å². The number of rotatable bonds is 6. The third kappa shape index (κ3) is 6.27. The number of amides is 1. The number of carbonyl (C=O) groups excluding carboxylic acids is 1. The summed E-state index contributed by atoms with van der Waals surface area (Å²) in [5, 5.41) is 2.89. The number of hydrogen-bond acceptors (Lipinski definition) is 3. The quantitative estimate of drug-likeness (QED) is 0.471. The van der Waals surface area contributed by atoms with Crippen molar-refractivity contribution >= 4 is 24.7 Å². The third-order valence-corrected chi connectivity index (χ3v) is 7.80. The molecule has 0 saturated heterocycles. The molecule has 4 nitrogen and oxygen atoms in total. The van der Waals surface area contributed by atoms with Crippen LogP contribution in [0.2, 0.25) is 0 Å². The number of carbonyl (C=O) groups is 1. The Morgan fingerprint density at radius 2 is 1.81 bits per heavy atom. The normalized spacial score (nSPS) is 20.5. The van der Waals surface area contributed by atoms with E-state index in [2.05, 4.69) is 16.9 Å². The molecular formula is C24H27F3N3OP. The fourth-order valence-electron chi connectivity index (χ4n) is 3.68. The van der Waals surface area contributed by atoms with Crippen LogP contribution in [0.4, 0.5) is 13.2 Å². The first kappa shape index (κ1) is 24.1. The molecular weight excluding hydrogens is 434 g/mol. The molecule has 3 rings (SSSR count). The minimum atomic E-state index is -4.50. The van der Waals surface area contributed by atoms with Crippen LogP contribution in [-0.2, 0) is 0 Å². The highest BCUT2D eigenvalue weighted by molar-refractivity contribution is 7.69. The molecule has 0 radical (unpaired) electrons. The molecule has 1 aliphatic carbocycles. The van der Waals surface area contributed by atoms with Gasteiger partial charge in [-0.05, 0) is 81.0 Å². The summed E-state index contributed by atoms with van der Waals surface area (Å²) < 4.78 is 41.5. The van der Waals surface area contributed by atoms with Crippen molar-refractivity contribution in [1.29, 1.82) is 0 Å². The highest BCUT2D eigenvalue weighted by Gasteiger charge is 2.37. The molecule has 1 fully saturated rings. The topological polar surface area (TPSA) is 68.0 Å². The lowest BCUT2D eigenvalue weighted by Crippen LogP contribution is -2.40. The summed E-state index contributed by atoms with van der Waals surface area (Å²) in [6.07, 6.45) is 3.07. The molecule has 170 valence electrons. The smallest absolute Gasteiger partial charge is 0.349 e. The molecule has 8 heteroatoms. The zero-order valence-electron chi connectivity index (χ0n) is 17.9. The van der Waals surface area contributed by atoms with Crippen LogP contribution in [0.5, 0.6) is 0 Å². The van der Waals surface area contributed by atoms with Gasteiger partial charge in [0.2, 0.25) is 0 Å². The Morgan fingerprint density at radius 1 is 1.16 bits per heavy atom. The molecule has 1 saturated carbocycles. The fourth-order valence-corrected chi connectivity index (χ4v) is 5.28. The van der Waals surface area contributed by atoms with E-state index in [-0.39, 0.29) is 23.6 Å². The van der Waals surface area contributed by atoms with Gasteiger partial charge < -0.3 is 11.1 Å². The van der Waals surface area contributed by atoms with Crippen LogP contribution in [0.15, 0.2) is 66.8 Å². The van der Waals surface area contributed by atoms with Crippen LogP contribution in [-0.4, -0.2) is 35.8 Å². The van der Waals surface area contributed by atoms with Crippen molar-refractivity contribution in [2.75, 3.05) is 6.66 Å². The van der Waals surface area contributed by atoms with Gasteiger partial charge >= 0.3 is 6.18 Å². The second-order valence-corrected chi connectivity index (χ2v) is 10.1. The third-order valence-electron chi connectivity index (χ3n) is 5.62. The number of halogens is 3. The standard InChI is InChI=1S/C24H27F3N3OP/c1-16(18-4-3-13-29-15-18)14-22(24(25,26)27)32(2)21-11-5-17(6-12-21)23(31)30-20-9-7-19(28)8-10-20/h3-6,11-15,19-20H,1,7-10,28H2,2H3,(H,30,31)/b22-14-. The number of alkyl halides is 3. The van der Waals surface area contributed by atoms with Crippen molar-refractivity contribution in [3.63, 3.8) is 0 Å². The molecule has 1 aliphatic rings. The van der Waals surface area contributed by atoms with Gasteiger partial charge in [0.05, 0.1) is 5.31 Å². The first-order chi connectivity index (χ1) is 15.1. The fraction of sp³-hybridized carbons (Fsp3) is 0.333. The van der Waals surface area contributed by atoms with Gasteiger partial charge in [0.15, 0.2) is 0 Å². The number of pyridine rings is 1. The lowest BCUT2D eigenvalue weighted by Gasteiger charge is -2.26. The SMILES string of the molecule is C=C(/C=C(\P(C)c1ccc(C(=O)NC2CCC(N)CC2)cc1)C(F)(F)F)c1cccnc1. The molecule has 1 amide bonds. The second-order valence-electron chi connectivity index (χ2n) is 7.99. The number of hydrogen-bond donors (Lipinski definition) is 2. The molecule has 0 bridgehead atoms. The Bertz CT molecular complexity index is 966. The number of benzene rings is 1. The maximum absolute atomic E-state index is 13.8. The maximum Gasteiger partial charge on any atom is 0.417 e. The van der Waals surface area contributed by atoms with Gasteiger partial charge in [-0.3, -0.25) is 9.78 Å². The average molecular weight is 461 g/mol. The van der Waals surface area contributed by atoms with Crippen molar-refractivity contribution in [3.8, 4) is 0 Å². The predicted octanol–water partition coefficient (Wildman–Crippen LogP) is 4.98. The van der Waals surface area contributed by atoms with Gasteiger partial charge in [0.1, 0.15) is 0 Å². The van der Waals surface area contributed by atoms with Crippen LogP contribution in [0.25, 0.3) is 5.57 Å². The van der Waals surface area contributed by atoms with Crippen LogP contribution in [0.1, 0.15) is 41.6 Å². The van der Waals surface area contributed by atoms with Crippen molar-refractivity contribution in [3.05, 3.63) is 77.9 Å². The van der Waals surface area contributed by atoms with E-state index in [1.807, 2.05) is 0 Å². The summed E-state index contributed by atoms with van der Waals surface area (Å²) in [7, 11) is -1.69. The molecule has 1 unspecified atom stereocenters. The van der Waals surface area contributed by atoms with Gasteiger partial charge in [-0.15, -0.1) is 0 Å². The van der Waals surface area contributed by atoms with Crippen molar-refractivity contribution in [1.82, 2.24) is 10.3 Å². The highest BCUT2D eigenvalue weighted by Crippen LogP contribution is 2.49. The largest absolute Gasteiger partial charge is 0.417 e. The molecule has 1 atom stereocenters. The molecule has 1 aromatic carbocycles. The second kappa shape index (κ2) is 10.4. The molecule has 1 heterocycles. The van der Waals surface area contributed by atoms with Crippen LogP contribution >= 0.6 is 7.92 Å². The van der Waals surface area contributed by atoms with E-state index in [0.29, 0.717) is 16.4 Å². The van der Waals surface area contributed by atoms with E-state index in [4.69, 9.17) is 5.73 Å². The predicted molar refractivity (Wildman–Crippen MR) is 124 cm³/mol. The van der Waals surface area contributed by atoms with E-state index < -0.39 is 19.4 Å². The number of nitrogens with zero attached hydrogens (tertiary/aromatic N) is 1. The minimum absolute atomic E-state index is 0.0866. The van der Waals surface area contributed by atoms with E-state index in [0.717, 1.165) is 31.8 Å². The number of nitrogens with two attached hydrogens (primary N) is 1. The Labute approximate surface area is 187 Å². The summed E-state index contributed by atoms with van der Waals surface area (Å²) in [5.74, 6) is -0.214. The van der Waals surface area contributed by atoms with Crippen LogP contribution in [0, 0.1) is 0 Å². The van der Waals surface area contributed by atoms with Gasteiger partial charge in [-0.2, -0.15) is 13.2 Å². The Morgan fingerprint density at radius 3 is 2.38 bits per heavy atom. The first-order valence-electron chi connectivity index (χ1n) is 10.4. The Kier molecular flexibility index (Phi) is 7.86. The molecule has 3 N–H and O–H groups in total. The van der Waals surface area contributed by atoms with Gasteiger partial charge in [0.25, 0.3) is 5.91 Å². The molecule has 0 aliphatic heterocycles. The van der Waals surface area contributed by atoms with Gasteiger partial charge in [-0.25, -0.2) is 0 Å². The first-order valence-corrected chi connectivity index (χ1v) is 12.2. The lowest BCUT2D eigenvalue weighted by molar-refractivity contribution is -0.0841. The van der Waals surface area contributed by atoms with E-state index in [1.54, 1.807) is 49.3 Å². The van der Waals surface area contributed by atoms with Crippen molar-refractivity contribution in [2.45, 2.75) is 43.9 Å². The molecule has 1 aromatic heterocycles. The Balaban J connectivity index is 1.74. The van der Waals surface area contributed by atoms with E-state index in [1.165, 1.54) is 6.20 Å². The lowest BCUT2D eigenvalue weighted by atomic mass is 9.91. The summed E-state index contributed by atoms with van der Waals surface area (Å²) in [5.41, 5.74) is 7.12. The highest BCUT2D eigenvalue weighted by atomic mass is 31.1. The van der Waals surface area contributed by atoms with Crippen LogP contribution in [0.3, 0.4) is 0 Å². The monoisotopic (exact) mass is 461 g/mol. The van der Waals surface area contributed by atoms with Crippen molar-refractivity contribution < 1.29 is 18.0 Å². The summed E-state index contributed by atoms with van der Waals surface area (Å²) >= 11 is 0. The number of aromatic nitrogens is 1. The Hall–Kier alpha value is -2.50. The zero-order chi connectivity index (χ0) is 23.3. The summed E-state index contributed by atoms with van der Waals surface area (Å²) in [4.78, 5) is 16.5. The van der Waals surface area contributed by atoms with Gasteiger partial charge in [-0.1, -0.05) is 24.8 Å². The van der Waals surface area contributed by atoms with E-state index in [9.17, 15) is 18.0 Å². The number of allylic oxidation sites excluding steroid dienone is 3. The van der Waals surface area contributed by atoms with Crippen LogP contribution < -0.4 is 16.4 Å². The molecule has 0 spiro atoms. The summed E-state index contributed by atoms with van der Waals surface area (Å²) in [6.45, 7) is 5.35. The minimum Gasteiger partial charge on any atom is -0.349 e. The van der Waals surface area contributed by atoms with Gasteiger partial charge in [0, 0.05) is 30.0 Å². The summed E-state index contributed by atoms with van der Waals surface area (Å²) in [6, 6.07) is 9.98. The molecule has 2 aromatic rings. The van der Waals surface area contributed by atoms with Crippen molar-refractivity contribution in [2.24, 2.45) is 5.73 Å². The average Bonchev–Trinajstić information content (AvgIpc) is 2.78. The molecule has 32 heavy (non-hydrogen) atoms. The maximum atomic E-state index is 13.8.